The number of halogens is 2. The average Bonchev–Trinajstić information content (AvgIpc) is 2.83. The summed E-state index contributed by atoms with van der Waals surface area (Å²) in [6.07, 6.45) is -0.264. The summed E-state index contributed by atoms with van der Waals surface area (Å²) in [5.41, 5.74) is 0.398. The number of esters is 1. The van der Waals surface area contributed by atoms with Gasteiger partial charge in [-0.1, -0.05) is 36.4 Å². The van der Waals surface area contributed by atoms with Crippen molar-refractivity contribution < 1.29 is 28.2 Å². The second-order valence-electron chi connectivity index (χ2n) is 10.2. The van der Waals surface area contributed by atoms with Crippen LogP contribution in [0.25, 0.3) is 0 Å². The molecular formula is C29H29F2NO4. The van der Waals surface area contributed by atoms with E-state index in [1.807, 2.05) is 0 Å². The lowest BCUT2D eigenvalue weighted by Gasteiger charge is -2.50. The van der Waals surface area contributed by atoms with E-state index in [1.165, 1.54) is 36.4 Å². The molecule has 1 aliphatic rings. The number of carbonyl (C=O) groups excluding carboxylic acids is 2. The lowest BCUT2D eigenvalue weighted by Crippen LogP contribution is -2.67. The first-order valence-electron chi connectivity index (χ1n) is 11.8. The maximum atomic E-state index is 13.7. The van der Waals surface area contributed by atoms with Crippen LogP contribution in [0, 0.1) is 23.0 Å². The summed E-state index contributed by atoms with van der Waals surface area (Å²) in [4.78, 5) is 25.0. The highest BCUT2D eigenvalue weighted by Crippen LogP contribution is 2.47. The minimum Gasteiger partial charge on any atom is -0.426 e. The molecule has 0 saturated carbocycles. The Balaban J connectivity index is 1.62. The summed E-state index contributed by atoms with van der Waals surface area (Å²) in [6.45, 7) is 5.30. The van der Waals surface area contributed by atoms with E-state index in [0.29, 0.717) is 23.3 Å². The maximum Gasteiger partial charge on any atom is 0.316 e. The predicted octanol–water partition coefficient (Wildman–Crippen LogP) is 5.42. The molecule has 1 saturated heterocycles. The van der Waals surface area contributed by atoms with Gasteiger partial charge in [-0.2, -0.15) is 0 Å². The van der Waals surface area contributed by atoms with Gasteiger partial charge in [0.2, 0.25) is 5.91 Å². The van der Waals surface area contributed by atoms with Crippen LogP contribution in [-0.4, -0.2) is 17.0 Å². The summed E-state index contributed by atoms with van der Waals surface area (Å²) in [7, 11) is 0. The molecule has 5 nitrogen and oxygen atoms in total. The van der Waals surface area contributed by atoms with Gasteiger partial charge in [0.1, 0.15) is 22.9 Å². The molecule has 3 atom stereocenters. The summed E-state index contributed by atoms with van der Waals surface area (Å²) in [5.74, 6) is -1.51. The first kappa shape index (κ1) is 25.5. The van der Waals surface area contributed by atoms with Gasteiger partial charge in [-0.3, -0.25) is 9.59 Å². The predicted molar refractivity (Wildman–Crippen MR) is 131 cm³/mol. The minimum absolute atomic E-state index is 0.186. The zero-order chi connectivity index (χ0) is 26.1. The largest absolute Gasteiger partial charge is 0.426 e. The van der Waals surface area contributed by atoms with Crippen molar-refractivity contribution in [2.75, 3.05) is 0 Å². The van der Waals surface area contributed by atoms with Crippen molar-refractivity contribution in [2.45, 2.75) is 45.3 Å². The number of hydrogen-bond acceptors (Lipinski definition) is 4. The van der Waals surface area contributed by atoms with E-state index in [4.69, 9.17) is 4.74 Å². The van der Waals surface area contributed by atoms with Crippen LogP contribution in [0.3, 0.4) is 0 Å². The Morgan fingerprint density at radius 3 is 1.94 bits per heavy atom. The molecule has 0 unspecified atom stereocenters. The fourth-order valence-electron chi connectivity index (χ4n) is 4.48. The van der Waals surface area contributed by atoms with Gasteiger partial charge >= 0.3 is 5.97 Å². The molecule has 0 radical (unpaired) electrons. The van der Waals surface area contributed by atoms with Crippen molar-refractivity contribution >= 4 is 11.9 Å². The minimum atomic E-state index is -0.945. The molecule has 1 heterocycles. The smallest absolute Gasteiger partial charge is 0.316 e. The van der Waals surface area contributed by atoms with E-state index in [-0.39, 0.29) is 18.3 Å². The summed E-state index contributed by atoms with van der Waals surface area (Å²) in [5, 5.41) is 13.7. The molecule has 0 spiro atoms. The third-order valence-electron chi connectivity index (χ3n) is 6.58. The van der Waals surface area contributed by atoms with Crippen molar-refractivity contribution in [3.05, 3.63) is 101 Å². The Morgan fingerprint density at radius 1 is 0.944 bits per heavy atom. The topological polar surface area (TPSA) is 75.6 Å². The van der Waals surface area contributed by atoms with Crippen LogP contribution >= 0.6 is 0 Å². The molecule has 1 fully saturated rings. The highest BCUT2D eigenvalue weighted by Gasteiger charge is 2.55. The van der Waals surface area contributed by atoms with Crippen molar-refractivity contribution in [1.82, 2.24) is 5.32 Å². The molecule has 188 valence electrons. The van der Waals surface area contributed by atoms with Crippen molar-refractivity contribution in [3.8, 4) is 5.75 Å². The van der Waals surface area contributed by atoms with E-state index in [0.717, 1.165) is 5.56 Å². The third-order valence-corrected chi connectivity index (χ3v) is 6.58. The summed E-state index contributed by atoms with van der Waals surface area (Å²) in [6, 6.07) is 18.4. The third kappa shape index (κ3) is 5.02. The number of carbonyl (C=O) groups is 2. The number of nitrogens with one attached hydrogen (secondary N) is 1. The van der Waals surface area contributed by atoms with E-state index in [9.17, 15) is 23.5 Å². The number of hydrogen-bond donors (Lipinski definition) is 2. The monoisotopic (exact) mass is 493 g/mol. The summed E-state index contributed by atoms with van der Waals surface area (Å²) < 4.78 is 32.4. The first-order chi connectivity index (χ1) is 17.0. The van der Waals surface area contributed by atoms with Gasteiger partial charge in [0.15, 0.2) is 0 Å². The van der Waals surface area contributed by atoms with Crippen molar-refractivity contribution in [1.29, 1.82) is 0 Å². The van der Waals surface area contributed by atoms with Crippen LogP contribution in [0.15, 0.2) is 72.8 Å². The van der Waals surface area contributed by atoms with Crippen LogP contribution in [0.2, 0.25) is 0 Å². The standard InChI is InChI=1S/C29H29F2NO4/c1-28(2,3)27(35)36-23-14-8-20(9-15-23)29(19-6-12-22(31)13-7-19)24(26(34)32-29)16-17-25(33)18-4-10-21(30)11-5-18/h4-15,24-25,33H,16-17H2,1-3H3,(H,32,34)/t24-,25-,29+/m0/s1. The highest BCUT2D eigenvalue weighted by molar-refractivity contribution is 5.90. The van der Waals surface area contributed by atoms with Crippen LogP contribution in [0.1, 0.15) is 56.4 Å². The molecule has 0 bridgehead atoms. The molecule has 3 aromatic carbocycles. The number of rotatable bonds is 7. The Hall–Kier alpha value is -3.58. The molecule has 2 N–H and O–H groups in total. The number of aliphatic hydroxyl groups is 1. The van der Waals surface area contributed by atoms with E-state index in [2.05, 4.69) is 5.32 Å². The number of amides is 1. The normalized spacial score (nSPS) is 20.3. The van der Waals surface area contributed by atoms with Crippen LogP contribution < -0.4 is 10.1 Å². The second-order valence-corrected chi connectivity index (χ2v) is 10.2. The zero-order valence-electron chi connectivity index (χ0n) is 20.4. The van der Waals surface area contributed by atoms with Crippen molar-refractivity contribution in [2.24, 2.45) is 11.3 Å². The Bertz CT molecular complexity index is 1230. The van der Waals surface area contributed by atoms with Gasteiger partial charge in [0.05, 0.1) is 17.4 Å². The van der Waals surface area contributed by atoms with Crippen LogP contribution in [0.5, 0.6) is 5.75 Å². The van der Waals surface area contributed by atoms with Gasteiger partial charge in [0.25, 0.3) is 0 Å². The molecule has 1 aliphatic heterocycles. The Morgan fingerprint density at radius 2 is 1.44 bits per heavy atom. The zero-order valence-corrected chi connectivity index (χ0v) is 20.4. The molecule has 1 amide bonds. The molecule has 0 aliphatic carbocycles. The molecular weight excluding hydrogens is 464 g/mol. The van der Waals surface area contributed by atoms with Crippen LogP contribution in [0.4, 0.5) is 8.78 Å². The Labute approximate surface area is 209 Å². The van der Waals surface area contributed by atoms with Gasteiger partial charge in [-0.15, -0.1) is 0 Å². The van der Waals surface area contributed by atoms with E-state index >= 15 is 0 Å². The lowest BCUT2D eigenvalue weighted by molar-refractivity contribution is -0.143. The molecule has 0 aromatic heterocycles. The summed E-state index contributed by atoms with van der Waals surface area (Å²) >= 11 is 0. The van der Waals surface area contributed by atoms with Gasteiger partial charge in [-0.05, 0) is 86.7 Å². The second kappa shape index (κ2) is 9.82. The lowest BCUT2D eigenvalue weighted by atomic mass is 9.65. The molecule has 36 heavy (non-hydrogen) atoms. The molecule has 3 aromatic rings. The van der Waals surface area contributed by atoms with Gasteiger partial charge in [0, 0.05) is 0 Å². The van der Waals surface area contributed by atoms with E-state index < -0.39 is 34.6 Å². The molecule has 7 heteroatoms. The van der Waals surface area contributed by atoms with E-state index in [1.54, 1.807) is 57.2 Å². The van der Waals surface area contributed by atoms with Gasteiger partial charge < -0.3 is 15.2 Å². The maximum absolute atomic E-state index is 13.7. The number of ether oxygens (including phenoxy) is 1. The van der Waals surface area contributed by atoms with Crippen LogP contribution in [-0.2, 0) is 15.1 Å². The SMILES string of the molecule is CC(C)(C)C(=O)Oc1ccc([C@@]2(c3ccc(F)cc3)NC(=O)[C@@H]2CC[C@H](O)c2ccc(F)cc2)cc1. The fraction of sp³-hybridized carbons (Fsp3) is 0.310. The van der Waals surface area contributed by atoms with Gasteiger partial charge in [-0.25, -0.2) is 8.78 Å². The first-order valence-corrected chi connectivity index (χ1v) is 11.8. The number of benzene rings is 3. The fourth-order valence-corrected chi connectivity index (χ4v) is 4.48. The Kier molecular flexibility index (Phi) is 6.96. The highest BCUT2D eigenvalue weighted by atomic mass is 19.1. The number of β-lactam (4-membered cyclic amide) rings is 1. The average molecular weight is 494 g/mol. The number of aliphatic hydroxyl groups excluding tert-OH is 1. The molecule has 4 rings (SSSR count). The van der Waals surface area contributed by atoms with Crippen molar-refractivity contribution in [3.63, 3.8) is 0 Å². The quantitative estimate of drug-likeness (QED) is 0.262.